The molecule has 1 fully saturated rings. The Balaban J connectivity index is 2.20. The van der Waals surface area contributed by atoms with Gasteiger partial charge in [0.15, 0.2) is 0 Å². The van der Waals surface area contributed by atoms with Crippen LogP contribution in [0.4, 0.5) is 0 Å². The average Bonchev–Trinajstić information content (AvgIpc) is 1.61. The third-order valence-electron chi connectivity index (χ3n) is 1.34. The number of hydrogen-bond acceptors (Lipinski definition) is 2. The molecule has 1 unspecified atom stereocenters. The molecule has 1 heterocycles. The summed E-state index contributed by atoms with van der Waals surface area (Å²) in [6.45, 7) is 1.18. The normalized spacial score (nSPS) is 36.0. The summed E-state index contributed by atoms with van der Waals surface area (Å²) in [5.74, 6) is 0. The van der Waals surface area contributed by atoms with Gasteiger partial charge in [-0.3, -0.25) is 4.90 Å². The van der Waals surface area contributed by atoms with Gasteiger partial charge in [0, 0.05) is 6.54 Å². The van der Waals surface area contributed by atoms with E-state index in [0.29, 0.717) is 6.17 Å². The van der Waals surface area contributed by atoms with Crippen LogP contribution in [0.1, 0.15) is 6.42 Å². The summed E-state index contributed by atoms with van der Waals surface area (Å²) in [5, 5.41) is 0. The smallest absolute Gasteiger partial charge is 0.0581 e. The fraction of sp³-hybridized carbons (Fsp3) is 1.00. The van der Waals surface area contributed by atoms with Gasteiger partial charge >= 0.3 is 0 Å². The number of rotatable bonds is 0. The summed E-state index contributed by atoms with van der Waals surface area (Å²) in [7, 11) is 2.04. The molecule has 0 aliphatic carbocycles. The lowest BCUT2D eigenvalue weighted by atomic mass is 10.2. The van der Waals surface area contributed by atoms with E-state index in [1.165, 1.54) is 13.0 Å². The standard InChI is InChI=1S/C4H10N2/c1-6-3-2-4(6)5/h4H,2-3,5H2,1H3. The van der Waals surface area contributed by atoms with E-state index in [1.807, 2.05) is 7.05 Å². The Morgan fingerprint density at radius 2 is 2.33 bits per heavy atom. The average molecular weight is 86.1 g/mol. The van der Waals surface area contributed by atoms with Gasteiger partial charge < -0.3 is 5.73 Å². The summed E-state index contributed by atoms with van der Waals surface area (Å²) in [5.41, 5.74) is 5.45. The van der Waals surface area contributed by atoms with Gasteiger partial charge in [-0.15, -0.1) is 0 Å². The van der Waals surface area contributed by atoms with Crippen molar-refractivity contribution >= 4 is 0 Å². The monoisotopic (exact) mass is 86.1 g/mol. The Morgan fingerprint density at radius 1 is 1.83 bits per heavy atom. The molecular weight excluding hydrogens is 76.1 g/mol. The van der Waals surface area contributed by atoms with E-state index in [4.69, 9.17) is 5.73 Å². The highest BCUT2D eigenvalue weighted by molar-refractivity contribution is 4.72. The largest absolute Gasteiger partial charge is 0.316 e. The van der Waals surface area contributed by atoms with Crippen LogP contribution in [0, 0.1) is 0 Å². The second kappa shape index (κ2) is 1.21. The van der Waals surface area contributed by atoms with Gasteiger partial charge in [-0.25, -0.2) is 0 Å². The summed E-state index contributed by atoms with van der Waals surface area (Å²) in [6, 6.07) is 0. The highest BCUT2D eigenvalue weighted by Gasteiger charge is 2.17. The summed E-state index contributed by atoms with van der Waals surface area (Å²) < 4.78 is 0. The molecule has 2 heteroatoms. The lowest BCUT2D eigenvalue weighted by Crippen LogP contribution is -2.50. The van der Waals surface area contributed by atoms with Crippen molar-refractivity contribution in [1.29, 1.82) is 0 Å². The van der Waals surface area contributed by atoms with Crippen molar-refractivity contribution in [3.8, 4) is 0 Å². The summed E-state index contributed by atoms with van der Waals surface area (Å²) >= 11 is 0. The third kappa shape index (κ3) is 0.420. The molecule has 1 aliphatic heterocycles. The molecule has 0 radical (unpaired) electrons. The van der Waals surface area contributed by atoms with E-state index in [0.717, 1.165) is 0 Å². The first kappa shape index (κ1) is 4.09. The highest BCUT2D eigenvalue weighted by atomic mass is 15.2. The van der Waals surface area contributed by atoms with Crippen molar-refractivity contribution in [2.24, 2.45) is 5.73 Å². The third-order valence-corrected chi connectivity index (χ3v) is 1.34. The van der Waals surface area contributed by atoms with E-state index in [1.54, 1.807) is 0 Å². The van der Waals surface area contributed by atoms with Crippen LogP contribution in [0.5, 0.6) is 0 Å². The molecule has 0 saturated carbocycles. The first-order valence-corrected chi connectivity index (χ1v) is 2.26. The minimum absolute atomic E-state index is 0.366. The van der Waals surface area contributed by atoms with Crippen LogP contribution in [-0.2, 0) is 0 Å². The zero-order chi connectivity index (χ0) is 4.57. The van der Waals surface area contributed by atoms with Crippen LogP contribution in [0.2, 0.25) is 0 Å². The molecule has 0 aromatic rings. The van der Waals surface area contributed by atoms with Crippen molar-refractivity contribution in [3.05, 3.63) is 0 Å². The number of hydrogen-bond donors (Lipinski definition) is 1. The van der Waals surface area contributed by atoms with Crippen LogP contribution < -0.4 is 5.73 Å². The Bertz CT molecular complexity index is 45.5. The maximum atomic E-state index is 5.45. The van der Waals surface area contributed by atoms with Gasteiger partial charge in [0.1, 0.15) is 0 Å². The lowest BCUT2D eigenvalue weighted by Gasteiger charge is -2.34. The molecule has 0 amide bonds. The van der Waals surface area contributed by atoms with E-state index in [2.05, 4.69) is 4.90 Å². The molecule has 1 rings (SSSR count). The van der Waals surface area contributed by atoms with Crippen molar-refractivity contribution in [2.75, 3.05) is 13.6 Å². The zero-order valence-electron chi connectivity index (χ0n) is 4.02. The molecule has 36 valence electrons. The second-order valence-electron chi connectivity index (χ2n) is 1.84. The summed E-state index contributed by atoms with van der Waals surface area (Å²) in [6.07, 6.45) is 1.54. The Morgan fingerprint density at radius 3 is 2.33 bits per heavy atom. The van der Waals surface area contributed by atoms with Crippen molar-refractivity contribution in [2.45, 2.75) is 12.6 Å². The Hall–Kier alpha value is -0.0800. The first-order chi connectivity index (χ1) is 2.80. The molecule has 1 saturated heterocycles. The first-order valence-electron chi connectivity index (χ1n) is 2.26. The molecule has 1 atom stereocenters. The molecule has 2 N–H and O–H groups in total. The van der Waals surface area contributed by atoms with Gasteiger partial charge in [-0.05, 0) is 13.5 Å². The minimum Gasteiger partial charge on any atom is -0.316 e. The number of nitrogens with two attached hydrogens (primary N) is 1. The highest BCUT2D eigenvalue weighted by Crippen LogP contribution is 2.06. The molecular formula is C4H10N2. The molecule has 0 aromatic heterocycles. The van der Waals surface area contributed by atoms with Crippen molar-refractivity contribution in [3.63, 3.8) is 0 Å². The maximum absolute atomic E-state index is 5.45. The number of nitrogens with zero attached hydrogens (tertiary/aromatic N) is 1. The summed E-state index contributed by atoms with van der Waals surface area (Å²) in [4.78, 5) is 2.12. The van der Waals surface area contributed by atoms with E-state index < -0.39 is 0 Å². The van der Waals surface area contributed by atoms with Gasteiger partial charge in [0.25, 0.3) is 0 Å². The molecule has 6 heavy (non-hydrogen) atoms. The van der Waals surface area contributed by atoms with Crippen LogP contribution >= 0.6 is 0 Å². The lowest BCUT2D eigenvalue weighted by molar-refractivity contribution is 0.132. The predicted molar refractivity (Wildman–Crippen MR) is 25.2 cm³/mol. The Kier molecular flexibility index (Phi) is 0.821. The van der Waals surface area contributed by atoms with E-state index >= 15 is 0 Å². The van der Waals surface area contributed by atoms with Crippen LogP contribution in [0.25, 0.3) is 0 Å². The molecule has 1 aliphatic rings. The zero-order valence-corrected chi connectivity index (χ0v) is 4.02. The quantitative estimate of drug-likeness (QED) is 0.435. The Labute approximate surface area is 37.9 Å². The van der Waals surface area contributed by atoms with Gasteiger partial charge in [0.2, 0.25) is 0 Å². The van der Waals surface area contributed by atoms with Crippen LogP contribution in [0.15, 0.2) is 0 Å². The minimum atomic E-state index is 0.366. The SMILES string of the molecule is CN1CCC1N. The van der Waals surface area contributed by atoms with Crippen molar-refractivity contribution < 1.29 is 0 Å². The molecule has 2 nitrogen and oxygen atoms in total. The molecule has 0 bridgehead atoms. The van der Waals surface area contributed by atoms with Gasteiger partial charge in [-0.1, -0.05) is 0 Å². The fourth-order valence-corrected chi connectivity index (χ4v) is 0.536. The van der Waals surface area contributed by atoms with Crippen LogP contribution in [0.3, 0.4) is 0 Å². The van der Waals surface area contributed by atoms with E-state index in [-0.39, 0.29) is 0 Å². The van der Waals surface area contributed by atoms with Crippen molar-refractivity contribution in [1.82, 2.24) is 4.90 Å². The number of likely N-dealkylation sites (tertiary alicyclic amines) is 1. The maximum Gasteiger partial charge on any atom is 0.0581 e. The van der Waals surface area contributed by atoms with E-state index in [9.17, 15) is 0 Å². The topological polar surface area (TPSA) is 29.3 Å². The van der Waals surface area contributed by atoms with Gasteiger partial charge in [0.05, 0.1) is 6.17 Å². The molecule has 0 aromatic carbocycles. The van der Waals surface area contributed by atoms with Gasteiger partial charge in [-0.2, -0.15) is 0 Å². The second-order valence-corrected chi connectivity index (χ2v) is 1.84. The predicted octanol–water partition coefficient (Wildman–Crippen LogP) is -0.393. The molecule has 0 spiro atoms. The fourth-order valence-electron chi connectivity index (χ4n) is 0.536. The van der Waals surface area contributed by atoms with Crippen LogP contribution in [-0.4, -0.2) is 24.7 Å².